The van der Waals surface area contributed by atoms with E-state index in [1.54, 1.807) is 23.6 Å². The van der Waals surface area contributed by atoms with Gasteiger partial charge >= 0.3 is 12.1 Å². The summed E-state index contributed by atoms with van der Waals surface area (Å²) in [5.74, 6) is -3.18. The molecule has 3 atom stereocenters. The number of alkyl halides is 2. The summed E-state index contributed by atoms with van der Waals surface area (Å²) in [6.45, 7) is 21.0. The Bertz CT molecular complexity index is 1640. The van der Waals surface area contributed by atoms with Gasteiger partial charge in [0.05, 0.1) is 30.1 Å². The molecule has 0 radical (unpaired) electrons. The Balaban J connectivity index is 1.34. The van der Waals surface area contributed by atoms with Gasteiger partial charge in [-0.2, -0.15) is 0 Å². The minimum Gasteiger partial charge on any atom is -0.462 e. The molecule has 15 heteroatoms. The van der Waals surface area contributed by atoms with Gasteiger partial charge < -0.3 is 24.2 Å². The van der Waals surface area contributed by atoms with Gasteiger partial charge in [0.15, 0.2) is 0 Å². The molecule has 0 aliphatic carbocycles. The zero-order chi connectivity index (χ0) is 38.9. The molecular weight excluding hydrogens is 686 g/mol. The highest BCUT2D eigenvalue weighted by atomic mass is 19.3. The normalized spacial score (nSPS) is 22.5. The zero-order valence-corrected chi connectivity index (χ0v) is 32.7. The molecule has 0 N–H and O–H groups in total. The van der Waals surface area contributed by atoms with Crippen LogP contribution < -0.4 is 9.80 Å². The summed E-state index contributed by atoms with van der Waals surface area (Å²) in [6, 6.07) is 1.07. The highest BCUT2D eigenvalue weighted by molar-refractivity contribution is 5.97. The van der Waals surface area contributed by atoms with Crippen LogP contribution in [0.2, 0.25) is 0 Å². The molecule has 0 saturated carbocycles. The number of piperazine rings is 2. The molecule has 53 heavy (non-hydrogen) atoms. The van der Waals surface area contributed by atoms with Gasteiger partial charge in [0, 0.05) is 99.9 Å². The summed E-state index contributed by atoms with van der Waals surface area (Å²) in [7, 11) is 0. The fourth-order valence-electron chi connectivity index (χ4n) is 7.45. The topological polar surface area (TPSA) is 125 Å². The van der Waals surface area contributed by atoms with Gasteiger partial charge in [0.1, 0.15) is 5.60 Å². The minimum absolute atomic E-state index is 0.0528. The molecule has 3 aliphatic rings. The lowest BCUT2D eigenvalue weighted by Crippen LogP contribution is -2.65. The van der Waals surface area contributed by atoms with Gasteiger partial charge in [-0.1, -0.05) is 27.2 Å². The van der Waals surface area contributed by atoms with Crippen molar-refractivity contribution in [1.29, 1.82) is 0 Å². The Morgan fingerprint density at radius 1 is 0.943 bits per heavy atom. The van der Waals surface area contributed by atoms with E-state index in [4.69, 9.17) is 9.47 Å². The largest absolute Gasteiger partial charge is 0.462 e. The standard InChI is InChI=1S/C38H56F2N8O5/c1-10-12-38(39,40)28-15-30-32(41-18-28)37(8,9)24-48(30)31(49)23-46-20-26(4)47(35(51)53-36(5,6)7)22-29(46)21-44-13-14-45(19-25(44)3)34-42-16-27(17-43-34)33(50)52-11-2/h15-18,25-26,29H,10-14,19-24H2,1-9H3/t25?,26-,29+/m1/s1. The number of hydrogen-bond donors (Lipinski definition) is 0. The average Bonchev–Trinajstić information content (AvgIpc) is 3.36. The maximum Gasteiger partial charge on any atom is 0.410 e. The Morgan fingerprint density at radius 2 is 1.64 bits per heavy atom. The second-order valence-corrected chi connectivity index (χ2v) is 16.3. The number of amides is 2. The Hall–Kier alpha value is -3.98. The number of rotatable bonds is 10. The fraction of sp³-hybridized carbons (Fsp3) is 0.684. The Morgan fingerprint density at radius 3 is 2.26 bits per heavy atom. The van der Waals surface area contributed by atoms with Crippen molar-refractivity contribution in [2.24, 2.45) is 0 Å². The number of pyridine rings is 1. The number of carbonyl (C=O) groups is 3. The first-order chi connectivity index (χ1) is 24.8. The zero-order valence-electron chi connectivity index (χ0n) is 32.7. The van der Waals surface area contributed by atoms with E-state index in [0.29, 0.717) is 75.1 Å². The van der Waals surface area contributed by atoms with Gasteiger partial charge in [-0.05, 0) is 47.6 Å². The number of hydrogen-bond acceptors (Lipinski definition) is 11. The summed E-state index contributed by atoms with van der Waals surface area (Å²) in [4.78, 5) is 63.0. The minimum atomic E-state index is -3.05. The molecule has 2 fully saturated rings. The maximum absolute atomic E-state index is 15.0. The molecule has 0 aromatic carbocycles. The predicted octanol–water partition coefficient (Wildman–Crippen LogP) is 5.08. The molecule has 13 nitrogen and oxygen atoms in total. The van der Waals surface area contributed by atoms with Gasteiger partial charge in [0.25, 0.3) is 5.92 Å². The van der Waals surface area contributed by atoms with Crippen LogP contribution in [0.4, 0.5) is 25.2 Å². The highest BCUT2D eigenvalue weighted by Gasteiger charge is 2.44. The third-order valence-corrected chi connectivity index (χ3v) is 10.2. The molecule has 1 unspecified atom stereocenters. The van der Waals surface area contributed by atoms with Crippen molar-refractivity contribution >= 4 is 29.6 Å². The van der Waals surface area contributed by atoms with Crippen molar-refractivity contribution in [3.8, 4) is 0 Å². The van der Waals surface area contributed by atoms with Gasteiger partial charge in [-0.15, -0.1) is 0 Å². The first-order valence-electron chi connectivity index (χ1n) is 18.7. The van der Waals surface area contributed by atoms with Crippen molar-refractivity contribution in [1.82, 2.24) is 29.7 Å². The molecule has 3 aliphatic heterocycles. The van der Waals surface area contributed by atoms with E-state index >= 15 is 8.78 Å². The van der Waals surface area contributed by atoms with Crippen LogP contribution in [0.1, 0.15) is 96.8 Å². The summed E-state index contributed by atoms with van der Waals surface area (Å²) in [6.07, 6.45) is 3.84. The van der Waals surface area contributed by atoms with Crippen LogP contribution in [0, 0.1) is 0 Å². The molecule has 2 aromatic heterocycles. The lowest BCUT2D eigenvalue weighted by molar-refractivity contribution is -0.121. The molecule has 2 aromatic rings. The van der Waals surface area contributed by atoms with Crippen LogP contribution in [0.5, 0.6) is 0 Å². The summed E-state index contributed by atoms with van der Waals surface area (Å²) < 4.78 is 40.9. The van der Waals surface area contributed by atoms with E-state index in [-0.39, 0.29) is 49.2 Å². The molecule has 5 rings (SSSR count). The van der Waals surface area contributed by atoms with E-state index in [9.17, 15) is 14.4 Å². The van der Waals surface area contributed by atoms with E-state index in [2.05, 4.69) is 36.6 Å². The summed E-state index contributed by atoms with van der Waals surface area (Å²) in [5, 5.41) is 0. The average molecular weight is 743 g/mol. The van der Waals surface area contributed by atoms with E-state index in [0.717, 1.165) is 0 Å². The number of fused-ring (bicyclic) bond motifs is 1. The molecule has 2 amide bonds. The maximum atomic E-state index is 15.0. The quantitative estimate of drug-likeness (QED) is 0.303. The molecule has 0 spiro atoms. The lowest BCUT2D eigenvalue weighted by atomic mass is 9.91. The molecule has 292 valence electrons. The van der Waals surface area contributed by atoms with Crippen molar-refractivity contribution in [3.63, 3.8) is 0 Å². The van der Waals surface area contributed by atoms with Gasteiger partial charge in [-0.3, -0.25) is 19.6 Å². The predicted molar refractivity (Wildman–Crippen MR) is 197 cm³/mol. The number of esters is 1. The van der Waals surface area contributed by atoms with E-state index in [1.807, 2.05) is 41.5 Å². The van der Waals surface area contributed by atoms with Crippen LogP contribution in [0.25, 0.3) is 0 Å². The van der Waals surface area contributed by atoms with Crippen LogP contribution >= 0.6 is 0 Å². The highest BCUT2D eigenvalue weighted by Crippen LogP contribution is 2.43. The van der Waals surface area contributed by atoms with Crippen molar-refractivity contribution in [2.75, 3.05) is 68.8 Å². The molecule has 0 bridgehead atoms. The fourth-order valence-corrected chi connectivity index (χ4v) is 7.45. The third-order valence-electron chi connectivity index (χ3n) is 10.2. The van der Waals surface area contributed by atoms with Crippen LogP contribution in [0.15, 0.2) is 24.7 Å². The van der Waals surface area contributed by atoms with E-state index in [1.165, 1.54) is 24.7 Å². The van der Waals surface area contributed by atoms with E-state index < -0.39 is 29.0 Å². The van der Waals surface area contributed by atoms with Crippen LogP contribution in [-0.2, 0) is 25.6 Å². The number of ether oxygens (including phenoxy) is 2. The second-order valence-electron chi connectivity index (χ2n) is 16.3. The van der Waals surface area contributed by atoms with Crippen LogP contribution in [-0.4, -0.2) is 130 Å². The number of aromatic nitrogens is 3. The van der Waals surface area contributed by atoms with Crippen molar-refractivity contribution in [3.05, 3.63) is 41.5 Å². The van der Waals surface area contributed by atoms with Crippen molar-refractivity contribution in [2.45, 2.75) is 110 Å². The number of anilines is 2. The van der Waals surface area contributed by atoms with Crippen LogP contribution in [0.3, 0.4) is 0 Å². The van der Waals surface area contributed by atoms with Gasteiger partial charge in [-0.25, -0.2) is 28.3 Å². The second kappa shape index (κ2) is 15.8. The monoisotopic (exact) mass is 742 g/mol. The van der Waals surface area contributed by atoms with Gasteiger partial charge in [0.2, 0.25) is 11.9 Å². The number of nitrogens with zero attached hydrogens (tertiary/aromatic N) is 8. The lowest BCUT2D eigenvalue weighted by Gasteiger charge is -2.48. The summed E-state index contributed by atoms with van der Waals surface area (Å²) >= 11 is 0. The molecule has 2 saturated heterocycles. The number of halogens is 2. The third kappa shape index (κ3) is 9.22. The SMILES string of the molecule is CCCC(F)(F)c1cnc2c(c1)N(C(=O)CN1C[C@@H](C)N(C(=O)OC(C)(C)C)C[C@@H]1CN1CCN(c3ncc(C(=O)OCC)cn3)CC1C)CC2(C)C. The first-order valence-corrected chi connectivity index (χ1v) is 18.7. The van der Waals surface area contributed by atoms with Crippen molar-refractivity contribution < 1.29 is 32.6 Å². The smallest absolute Gasteiger partial charge is 0.410 e. The molecular formula is C38H56F2N8O5. The Kier molecular flexibility index (Phi) is 12.0. The molecule has 5 heterocycles. The number of carbonyl (C=O) groups excluding carboxylic acids is 3. The first kappa shape index (κ1) is 40.2. The summed E-state index contributed by atoms with van der Waals surface area (Å²) in [5.41, 5.74) is 0.00579. The Labute approximate surface area is 312 Å².